The molecule has 2 heterocycles. The van der Waals surface area contributed by atoms with E-state index in [1.807, 2.05) is 54.6 Å². The molecule has 2 atom stereocenters. The van der Waals surface area contributed by atoms with E-state index in [-0.39, 0.29) is 25.0 Å². The van der Waals surface area contributed by atoms with E-state index >= 15 is 0 Å². The molecule has 37 heavy (non-hydrogen) atoms. The molecular weight excluding hydrogens is 472 g/mol. The van der Waals surface area contributed by atoms with E-state index < -0.39 is 18.1 Å². The number of aliphatic imine (C=N–C) groups is 1. The van der Waals surface area contributed by atoms with Gasteiger partial charge in [0.05, 0.1) is 17.8 Å². The van der Waals surface area contributed by atoms with Crippen molar-refractivity contribution in [3.63, 3.8) is 0 Å². The topological polar surface area (TPSA) is 109 Å². The van der Waals surface area contributed by atoms with Gasteiger partial charge in [-0.2, -0.15) is 0 Å². The standard InChI is InChI=1S/C28H26N4O5/c1-17(29-24(33)15-18-12-13-22-23(14-18)37-16-36-22)27(34)31-26-28(35)32(2)21-11-7-6-10-20(21)25(30-26)19-8-4-3-5-9-19/h3-14,17,26H,15-16H2,1-2H3,(H,29,33)(H,31,34)/t17-,26+/m0/s1. The van der Waals surface area contributed by atoms with Gasteiger partial charge in [0.2, 0.25) is 24.8 Å². The lowest BCUT2D eigenvalue weighted by Gasteiger charge is -2.22. The fraction of sp³-hybridized carbons (Fsp3) is 0.214. The molecule has 188 valence electrons. The van der Waals surface area contributed by atoms with Crippen LogP contribution in [0, 0.1) is 0 Å². The fourth-order valence-electron chi connectivity index (χ4n) is 4.30. The van der Waals surface area contributed by atoms with Gasteiger partial charge in [0.15, 0.2) is 11.5 Å². The maximum Gasteiger partial charge on any atom is 0.272 e. The van der Waals surface area contributed by atoms with E-state index in [0.717, 1.165) is 16.7 Å². The van der Waals surface area contributed by atoms with Gasteiger partial charge in [0, 0.05) is 18.2 Å². The van der Waals surface area contributed by atoms with Crippen molar-refractivity contribution in [2.24, 2.45) is 4.99 Å². The quantitative estimate of drug-likeness (QED) is 0.543. The predicted molar refractivity (Wildman–Crippen MR) is 138 cm³/mol. The molecule has 0 fully saturated rings. The van der Waals surface area contributed by atoms with Crippen molar-refractivity contribution in [2.45, 2.75) is 25.6 Å². The number of ether oxygens (including phenoxy) is 2. The highest BCUT2D eigenvalue weighted by Gasteiger charge is 2.32. The third-order valence-electron chi connectivity index (χ3n) is 6.24. The van der Waals surface area contributed by atoms with Crippen LogP contribution in [-0.4, -0.2) is 49.5 Å². The average Bonchev–Trinajstić information content (AvgIpc) is 3.35. The summed E-state index contributed by atoms with van der Waals surface area (Å²) < 4.78 is 10.6. The second kappa shape index (κ2) is 10.1. The number of likely N-dealkylation sites (N-methyl/N-ethyl adjacent to an activating group) is 1. The number of anilines is 1. The molecule has 3 aromatic carbocycles. The predicted octanol–water partition coefficient (Wildman–Crippen LogP) is 2.42. The van der Waals surface area contributed by atoms with Crippen molar-refractivity contribution >= 4 is 29.1 Å². The normalized spacial score (nSPS) is 16.8. The van der Waals surface area contributed by atoms with Gasteiger partial charge >= 0.3 is 0 Å². The highest BCUT2D eigenvalue weighted by Crippen LogP contribution is 2.32. The van der Waals surface area contributed by atoms with Crippen LogP contribution in [0.3, 0.4) is 0 Å². The highest BCUT2D eigenvalue weighted by atomic mass is 16.7. The second-order valence-electron chi connectivity index (χ2n) is 8.82. The van der Waals surface area contributed by atoms with Gasteiger partial charge < -0.3 is 25.0 Å². The Morgan fingerprint density at radius 3 is 2.57 bits per heavy atom. The largest absolute Gasteiger partial charge is 0.454 e. The summed E-state index contributed by atoms with van der Waals surface area (Å²) in [4.78, 5) is 45.1. The first-order valence-electron chi connectivity index (χ1n) is 11.9. The number of fused-ring (bicyclic) bond motifs is 2. The molecule has 0 saturated heterocycles. The van der Waals surface area contributed by atoms with Gasteiger partial charge in [-0.1, -0.05) is 54.6 Å². The number of hydrogen-bond acceptors (Lipinski definition) is 6. The first-order chi connectivity index (χ1) is 17.9. The number of rotatable bonds is 6. The Morgan fingerprint density at radius 2 is 1.76 bits per heavy atom. The lowest BCUT2D eigenvalue weighted by molar-refractivity contribution is -0.130. The van der Waals surface area contributed by atoms with Crippen LogP contribution in [0.25, 0.3) is 0 Å². The number of benzene rings is 3. The lowest BCUT2D eigenvalue weighted by Crippen LogP contribution is -2.52. The molecule has 2 aliphatic heterocycles. The van der Waals surface area contributed by atoms with Gasteiger partial charge in [-0.3, -0.25) is 14.4 Å². The van der Waals surface area contributed by atoms with Crippen LogP contribution in [0.4, 0.5) is 5.69 Å². The molecule has 9 nitrogen and oxygen atoms in total. The lowest BCUT2D eigenvalue weighted by atomic mass is 10.0. The number of carbonyl (C=O) groups excluding carboxylic acids is 3. The molecule has 0 unspecified atom stereocenters. The van der Waals surface area contributed by atoms with Crippen LogP contribution in [0.2, 0.25) is 0 Å². The molecule has 5 rings (SSSR count). The number of amides is 3. The molecule has 3 aromatic rings. The number of carbonyl (C=O) groups is 3. The molecule has 0 spiro atoms. The zero-order valence-corrected chi connectivity index (χ0v) is 20.4. The van der Waals surface area contributed by atoms with Crippen molar-refractivity contribution in [2.75, 3.05) is 18.7 Å². The molecule has 3 amide bonds. The Labute approximate surface area is 214 Å². The van der Waals surface area contributed by atoms with E-state index in [0.29, 0.717) is 22.9 Å². The van der Waals surface area contributed by atoms with E-state index in [1.54, 1.807) is 32.2 Å². The SMILES string of the molecule is C[C@H](NC(=O)Cc1ccc2c(c1)OCO2)C(=O)N[C@H]1N=C(c2ccccc2)c2ccccc2N(C)C1=O. The maximum absolute atomic E-state index is 13.3. The summed E-state index contributed by atoms with van der Waals surface area (Å²) in [5, 5.41) is 5.40. The monoisotopic (exact) mass is 498 g/mol. The third-order valence-corrected chi connectivity index (χ3v) is 6.24. The van der Waals surface area contributed by atoms with Crippen LogP contribution >= 0.6 is 0 Å². The van der Waals surface area contributed by atoms with Crippen molar-refractivity contribution < 1.29 is 23.9 Å². The number of para-hydroxylation sites is 1. The van der Waals surface area contributed by atoms with Crippen LogP contribution < -0.4 is 25.0 Å². The first-order valence-corrected chi connectivity index (χ1v) is 11.9. The van der Waals surface area contributed by atoms with Crippen LogP contribution in [0.1, 0.15) is 23.6 Å². The van der Waals surface area contributed by atoms with Crippen molar-refractivity contribution in [1.29, 1.82) is 0 Å². The summed E-state index contributed by atoms with van der Waals surface area (Å²) in [6.07, 6.45) is -1.10. The van der Waals surface area contributed by atoms with E-state index in [1.165, 1.54) is 4.90 Å². The smallest absolute Gasteiger partial charge is 0.272 e. The molecule has 0 aliphatic carbocycles. The van der Waals surface area contributed by atoms with E-state index in [4.69, 9.17) is 9.47 Å². The molecular formula is C28H26N4O5. The zero-order chi connectivity index (χ0) is 25.9. The van der Waals surface area contributed by atoms with E-state index in [2.05, 4.69) is 15.6 Å². The number of nitrogens with one attached hydrogen (secondary N) is 2. The molecule has 0 bridgehead atoms. The minimum Gasteiger partial charge on any atom is -0.454 e. The van der Waals surface area contributed by atoms with Gasteiger partial charge in [0.25, 0.3) is 5.91 Å². The molecule has 0 radical (unpaired) electrons. The van der Waals surface area contributed by atoms with Crippen molar-refractivity contribution in [3.8, 4) is 11.5 Å². The van der Waals surface area contributed by atoms with Crippen LogP contribution in [-0.2, 0) is 20.8 Å². The summed E-state index contributed by atoms with van der Waals surface area (Å²) in [5.41, 5.74) is 3.62. The number of nitrogens with zero attached hydrogens (tertiary/aromatic N) is 2. The van der Waals surface area contributed by atoms with Crippen molar-refractivity contribution in [3.05, 3.63) is 89.5 Å². The van der Waals surface area contributed by atoms with Crippen LogP contribution in [0.5, 0.6) is 11.5 Å². The minimum absolute atomic E-state index is 0.0605. The Balaban J connectivity index is 1.31. The third kappa shape index (κ3) is 5.02. The Kier molecular flexibility index (Phi) is 6.59. The minimum atomic E-state index is -1.16. The number of hydrogen-bond donors (Lipinski definition) is 2. The molecule has 0 saturated carbocycles. The summed E-state index contributed by atoms with van der Waals surface area (Å²) in [5.74, 6) is -0.0297. The maximum atomic E-state index is 13.3. The van der Waals surface area contributed by atoms with Crippen molar-refractivity contribution in [1.82, 2.24) is 10.6 Å². The molecule has 2 aliphatic rings. The van der Waals surface area contributed by atoms with Gasteiger partial charge in [-0.15, -0.1) is 0 Å². The van der Waals surface area contributed by atoms with Crippen LogP contribution in [0.15, 0.2) is 77.8 Å². The van der Waals surface area contributed by atoms with Gasteiger partial charge in [0.1, 0.15) is 6.04 Å². The highest BCUT2D eigenvalue weighted by molar-refractivity contribution is 6.20. The molecule has 9 heteroatoms. The van der Waals surface area contributed by atoms with Gasteiger partial charge in [-0.05, 0) is 30.7 Å². The summed E-state index contributed by atoms with van der Waals surface area (Å²) in [6, 6.07) is 21.3. The first kappa shape index (κ1) is 24.1. The summed E-state index contributed by atoms with van der Waals surface area (Å²) in [6.45, 7) is 1.71. The van der Waals surface area contributed by atoms with Gasteiger partial charge in [-0.25, -0.2) is 4.99 Å². The molecule has 0 aromatic heterocycles. The Bertz CT molecular complexity index is 1390. The fourth-order valence-corrected chi connectivity index (χ4v) is 4.30. The summed E-state index contributed by atoms with van der Waals surface area (Å²) in [7, 11) is 1.65. The number of benzodiazepines with no additional fused rings is 1. The average molecular weight is 499 g/mol. The second-order valence-corrected chi connectivity index (χ2v) is 8.82. The summed E-state index contributed by atoms with van der Waals surface area (Å²) >= 11 is 0. The zero-order valence-electron chi connectivity index (χ0n) is 20.4. The Morgan fingerprint density at radius 1 is 1.03 bits per heavy atom. The molecule has 2 N–H and O–H groups in total. The van der Waals surface area contributed by atoms with E-state index in [9.17, 15) is 14.4 Å². The Hall–Kier alpha value is -4.66.